The van der Waals surface area contributed by atoms with Gasteiger partial charge in [-0.05, 0) is 121 Å². The Bertz CT molecular complexity index is 2210. The van der Waals surface area contributed by atoms with Crippen molar-refractivity contribution in [2.75, 3.05) is 5.32 Å². The SMILES string of the molecule is C=C/C=C\c1c2c(n(-c3cccc(-c4ccccc4)c3)c1C)C=CC(C(=C/C)/C(Nc1cccc(C(/C=C\C)=C/C)c1)=C(\CC)c1ccccc1)C2.CC. The number of hydrogen-bond acceptors (Lipinski definition) is 1. The highest BCUT2D eigenvalue weighted by Crippen LogP contribution is 2.40. The van der Waals surface area contributed by atoms with Gasteiger partial charge in [-0.25, -0.2) is 0 Å². The Hall–Kier alpha value is -5.86. The number of nitrogens with one attached hydrogen (secondary N) is 1. The Morgan fingerprint density at radius 1 is 0.815 bits per heavy atom. The molecule has 2 nitrogen and oxygen atoms in total. The van der Waals surface area contributed by atoms with Gasteiger partial charge in [-0.1, -0.05) is 161 Å². The van der Waals surface area contributed by atoms with Gasteiger partial charge in [0, 0.05) is 34.4 Å². The summed E-state index contributed by atoms with van der Waals surface area (Å²) in [7, 11) is 0. The van der Waals surface area contributed by atoms with Crippen LogP contribution in [0.25, 0.3) is 40.1 Å². The summed E-state index contributed by atoms with van der Waals surface area (Å²) in [6.45, 7) is 18.9. The molecule has 1 aliphatic rings. The van der Waals surface area contributed by atoms with Crippen LogP contribution in [0.4, 0.5) is 5.69 Å². The summed E-state index contributed by atoms with van der Waals surface area (Å²) in [5, 5.41) is 3.97. The van der Waals surface area contributed by atoms with Crippen molar-refractivity contribution in [3.05, 3.63) is 203 Å². The summed E-state index contributed by atoms with van der Waals surface area (Å²) in [6.07, 6.45) is 21.5. The van der Waals surface area contributed by atoms with Crippen LogP contribution in [0.3, 0.4) is 0 Å². The molecule has 2 heteroatoms. The molecule has 1 unspecified atom stereocenters. The first-order chi connectivity index (χ1) is 26.5. The van der Waals surface area contributed by atoms with Crippen LogP contribution in [0.15, 0.2) is 170 Å². The summed E-state index contributed by atoms with van der Waals surface area (Å²) in [4.78, 5) is 0. The summed E-state index contributed by atoms with van der Waals surface area (Å²) in [6, 6.07) is 39.1. The quantitative estimate of drug-likeness (QED) is 0.128. The van der Waals surface area contributed by atoms with Crippen molar-refractivity contribution >= 4 is 29.0 Å². The van der Waals surface area contributed by atoms with Crippen molar-refractivity contribution in [3.63, 3.8) is 0 Å². The first kappa shape index (κ1) is 39.3. The zero-order valence-electron chi connectivity index (χ0n) is 33.2. The maximum absolute atomic E-state index is 4.00. The molecule has 1 heterocycles. The highest BCUT2D eigenvalue weighted by molar-refractivity contribution is 5.80. The molecule has 5 aromatic rings. The predicted molar refractivity (Wildman–Crippen MR) is 239 cm³/mol. The number of hydrogen-bond donors (Lipinski definition) is 1. The molecule has 4 aromatic carbocycles. The van der Waals surface area contributed by atoms with E-state index in [-0.39, 0.29) is 5.92 Å². The lowest BCUT2D eigenvalue weighted by Gasteiger charge is -2.27. The number of rotatable bonds is 12. The molecule has 0 aliphatic heterocycles. The normalized spacial score (nSPS) is 14.8. The Kier molecular flexibility index (Phi) is 14.1. The van der Waals surface area contributed by atoms with E-state index in [0.717, 1.165) is 18.5 Å². The summed E-state index contributed by atoms with van der Waals surface area (Å²) in [5.74, 6) is 0.171. The third kappa shape index (κ3) is 8.67. The van der Waals surface area contributed by atoms with Gasteiger partial charge in [-0.3, -0.25) is 0 Å². The zero-order chi connectivity index (χ0) is 38.5. The van der Waals surface area contributed by atoms with Crippen molar-refractivity contribution in [1.82, 2.24) is 4.57 Å². The molecule has 0 fully saturated rings. The molecule has 0 amide bonds. The van der Waals surface area contributed by atoms with Gasteiger partial charge in [-0.2, -0.15) is 0 Å². The molecule has 1 aromatic heterocycles. The number of allylic oxidation sites excluding steroid dienone is 10. The molecule has 0 radical (unpaired) electrons. The average molecular weight is 709 g/mol. The predicted octanol–water partition coefficient (Wildman–Crippen LogP) is 14.7. The van der Waals surface area contributed by atoms with E-state index in [9.17, 15) is 0 Å². The van der Waals surface area contributed by atoms with Gasteiger partial charge in [0.15, 0.2) is 0 Å². The average Bonchev–Trinajstić information content (AvgIpc) is 3.51. The van der Waals surface area contributed by atoms with Crippen molar-refractivity contribution < 1.29 is 0 Å². The Morgan fingerprint density at radius 3 is 2.17 bits per heavy atom. The molecule has 1 N–H and O–H groups in total. The molecular weight excluding hydrogens is 653 g/mol. The molecule has 0 bridgehead atoms. The lowest BCUT2D eigenvalue weighted by Crippen LogP contribution is -2.17. The fraction of sp³-hybridized carbons (Fsp3) is 0.192. The molecule has 0 spiro atoms. The van der Waals surface area contributed by atoms with Crippen LogP contribution in [0.5, 0.6) is 0 Å². The van der Waals surface area contributed by atoms with Gasteiger partial charge in [0.2, 0.25) is 0 Å². The van der Waals surface area contributed by atoms with E-state index >= 15 is 0 Å². The molecule has 0 saturated heterocycles. The minimum Gasteiger partial charge on any atom is -0.355 e. The third-order valence-corrected chi connectivity index (χ3v) is 10.0. The fourth-order valence-corrected chi connectivity index (χ4v) is 7.55. The second kappa shape index (κ2) is 19.3. The standard InChI is InChI=1S/C50H50N2.C2H6/c1-7-12-30-47-36(6)52(44-29-20-27-41(34-44)38-22-15-13-16-23-38)49-32-31-42(35-48(47)49)46(11-5)50(45(10-4)39-24-17-14-18-25-39)51-43-28-19-26-40(33-43)37(9-3)21-8-2;1-2/h7-9,11-34,42,51H,1,10,35H2,2-6H3;1-2H3/b21-8-,30-12-,37-9+,46-11-,50-45-;. The van der Waals surface area contributed by atoms with E-state index in [1.807, 2.05) is 19.9 Å². The van der Waals surface area contributed by atoms with Crippen LogP contribution in [-0.2, 0) is 6.42 Å². The molecule has 54 heavy (non-hydrogen) atoms. The Balaban J connectivity index is 0.00000276. The van der Waals surface area contributed by atoms with Crippen molar-refractivity contribution in [2.45, 2.75) is 61.3 Å². The molecular formula is C52H56N2. The molecule has 1 aliphatic carbocycles. The highest BCUT2D eigenvalue weighted by Gasteiger charge is 2.28. The summed E-state index contributed by atoms with van der Waals surface area (Å²) >= 11 is 0. The van der Waals surface area contributed by atoms with E-state index in [1.165, 1.54) is 72.9 Å². The maximum Gasteiger partial charge on any atom is 0.0494 e. The van der Waals surface area contributed by atoms with E-state index in [1.54, 1.807) is 0 Å². The van der Waals surface area contributed by atoms with E-state index in [4.69, 9.17) is 0 Å². The minimum absolute atomic E-state index is 0.171. The third-order valence-electron chi connectivity index (χ3n) is 10.0. The van der Waals surface area contributed by atoms with Gasteiger partial charge in [0.25, 0.3) is 0 Å². The van der Waals surface area contributed by atoms with Gasteiger partial charge in [-0.15, -0.1) is 0 Å². The van der Waals surface area contributed by atoms with Crippen molar-refractivity contribution in [2.24, 2.45) is 5.92 Å². The van der Waals surface area contributed by atoms with Gasteiger partial charge in [0.1, 0.15) is 0 Å². The second-order valence-electron chi connectivity index (χ2n) is 13.1. The maximum atomic E-state index is 4.00. The zero-order valence-corrected chi connectivity index (χ0v) is 33.2. The number of fused-ring (bicyclic) bond motifs is 1. The van der Waals surface area contributed by atoms with Gasteiger partial charge >= 0.3 is 0 Å². The van der Waals surface area contributed by atoms with Crippen LogP contribution in [0, 0.1) is 12.8 Å². The molecule has 274 valence electrons. The Labute approximate surface area is 325 Å². The van der Waals surface area contributed by atoms with Crippen LogP contribution < -0.4 is 5.32 Å². The smallest absolute Gasteiger partial charge is 0.0494 e. The highest BCUT2D eigenvalue weighted by atomic mass is 15.0. The number of aromatic nitrogens is 1. The topological polar surface area (TPSA) is 17.0 Å². The first-order valence-electron chi connectivity index (χ1n) is 19.5. The molecule has 6 rings (SSSR count). The lowest BCUT2D eigenvalue weighted by atomic mass is 9.82. The van der Waals surface area contributed by atoms with Gasteiger partial charge in [0.05, 0.1) is 0 Å². The van der Waals surface area contributed by atoms with E-state index < -0.39 is 0 Å². The largest absolute Gasteiger partial charge is 0.355 e. The van der Waals surface area contributed by atoms with Gasteiger partial charge < -0.3 is 9.88 Å². The summed E-state index contributed by atoms with van der Waals surface area (Å²) in [5.41, 5.74) is 17.2. The second-order valence-corrected chi connectivity index (χ2v) is 13.1. The Morgan fingerprint density at radius 2 is 1.50 bits per heavy atom. The number of nitrogens with zero attached hydrogens (tertiary/aromatic N) is 1. The van der Waals surface area contributed by atoms with Crippen LogP contribution in [0.1, 0.15) is 81.6 Å². The molecule has 1 atom stereocenters. The monoisotopic (exact) mass is 708 g/mol. The van der Waals surface area contributed by atoms with Crippen LogP contribution in [0.2, 0.25) is 0 Å². The van der Waals surface area contributed by atoms with Crippen molar-refractivity contribution in [3.8, 4) is 16.8 Å². The number of benzene rings is 4. The van der Waals surface area contributed by atoms with Crippen LogP contribution >= 0.6 is 0 Å². The van der Waals surface area contributed by atoms with E-state index in [2.05, 4.69) is 209 Å². The fourth-order valence-electron chi connectivity index (χ4n) is 7.55. The lowest BCUT2D eigenvalue weighted by molar-refractivity contribution is 0.748. The van der Waals surface area contributed by atoms with Crippen molar-refractivity contribution in [1.29, 1.82) is 0 Å². The number of anilines is 1. The molecule has 0 saturated carbocycles. The van der Waals surface area contributed by atoms with Crippen LogP contribution in [-0.4, -0.2) is 4.57 Å². The minimum atomic E-state index is 0.171. The summed E-state index contributed by atoms with van der Waals surface area (Å²) < 4.78 is 2.43. The first-order valence-corrected chi connectivity index (χ1v) is 19.5. The van der Waals surface area contributed by atoms with E-state index in [0.29, 0.717) is 0 Å².